The van der Waals surface area contributed by atoms with E-state index in [1.165, 1.54) is 11.9 Å². The van der Waals surface area contributed by atoms with E-state index in [1.807, 2.05) is 36.8 Å². The van der Waals surface area contributed by atoms with Gasteiger partial charge in [-0.3, -0.25) is 0 Å². The molecular formula is C9H10ClNS3. The minimum Gasteiger partial charge on any atom is -0.197 e. The molecule has 0 N–H and O–H groups in total. The summed E-state index contributed by atoms with van der Waals surface area (Å²) in [6, 6.07) is 7.72. The molecule has 1 rings (SSSR count). The van der Waals surface area contributed by atoms with Gasteiger partial charge >= 0.3 is 0 Å². The van der Waals surface area contributed by atoms with Crippen molar-refractivity contribution in [2.75, 3.05) is 12.5 Å². The first kappa shape index (κ1) is 12.3. The zero-order chi connectivity index (χ0) is 10.4. The average molecular weight is 264 g/mol. The molecule has 0 aliphatic rings. The van der Waals surface area contributed by atoms with Crippen LogP contribution in [0.3, 0.4) is 0 Å². The molecule has 0 aromatic heterocycles. The molecule has 0 atom stereocenters. The van der Waals surface area contributed by atoms with E-state index in [0.717, 1.165) is 14.3 Å². The molecular weight excluding hydrogens is 254 g/mol. The molecule has 14 heavy (non-hydrogen) atoms. The fraction of sp³-hybridized carbons (Fsp3) is 0.222. The lowest BCUT2D eigenvalue weighted by Crippen LogP contribution is -1.79. The maximum atomic E-state index is 5.99. The zero-order valence-electron chi connectivity index (χ0n) is 7.86. The summed E-state index contributed by atoms with van der Waals surface area (Å²) in [5.74, 6) is 0. The molecule has 1 aromatic carbocycles. The first-order valence-electron chi connectivity index (χ1n) is 3.85. The van der Waals surface area contributed by atoms with Crippen molar-refractivity contribution >= 4 is 51.4 Å². The van der Waals surface area contributed by atoms with Crippen LogP contribution in [-0.4, -0.2) is 16.9 Å². The predicted molar refractivity (Wildman–Crippen MR) is 71.8 cm³/mol. The molecule has 76 valence electrons. The maximum Gasteiger partial charge on any atom is 0.138 e. The Hall–Kier alpha value is 0.230. The Morgan fingerprint density at radius 2 is 1.86 bits per heavy atom. The summed E-state index contributed by atoms with van der Waals surface area (Å²) in [6.45, 7) is 0. The molecule has 0 bridgehead atoms. The van der Waals surface area contributed by atoms with Crippen molar-refractivity contribution < 1.29 is 0 Å². The van der Waals surface area contributed by atoms with Gasteiger partial charge in [-0.15, -0.1) is 23.5 Å². The highest BCUT2D eigenvalue weighted by atomic mass is 35.5. The topological polar surface area (TPSA) is 12.4 Å². The number of rotatable bonds is 2. The van der Waals surface area contributed by atoms with Crippen molar-refractivity contribution in [2.24, 2.45) is 4.40 Å². The number of halogens is 1. The highest BCUT2D eigenvalue weighted by molar-refractivity contribution is 8.38. The molecule has 0 saturated heterocycles. The SMILES string of the molecule is CSC(=NSc1ccccc1Cl)SC. The number of nitrogens with zero attached hydrogens (tertiary/aromatic N) is 1. The van der Waals surface area contributed by atoms with Crippen LogP contribution in [0.4, 0.5) is 0 Å². The molecule has 0 saturated carbocycles. The summed E-state index contributed by atoms with van der Waals surface area (Å²) in [4.78, 5) is 0.995. The van der Waals surface area contributed by atoms with Crippen molar-refractivity contribution in [3.63, 3.8) is 0 Å². The Morgan fingerprint density at radius 1 is 1.21 bits per heavy atom. The van der Waals surface area contributed by atoms with Crippen molar-refractivity contribution in [1.29, 1.82) is 0 Å². The van der Waals surface area contributed by atoms with Crippen LogP contribution in [0.25, 0.3) is 0 Å². The van der Waals surface area contributed by atoms with Crippen LogP contribution in [-0.2, 0) is 0 Å². The first-order chi connectivity index (χ1) is 6.77. The lowest BCUT2D eigenvalue weighted by atomic mass is 10.4. The molecule has 0 fully saturated rings. The molecule has 0 aliphatic heterocycles. The third-order valence-electron chi connectivity index (χ3n) is 1.40. The fourth-order valence-electron chi connectivity index (χ4n) is 0.763. The van der Waals surface area contributed by atoms with E-state index < -0.39 is 0 Å². The van der Waals surface area contributed by atoms with E-state index in [2.05, 4.69) is 4.40 Å². The number of hydrogen-bond acceptors (Lipinski definition) is 4. The molecule has 5 heteroatoms. The lowest BCUT2D eigenvalue weighted by molar-refractivity contribution is 1.46. The summed E-state index contributed by atoms with van der Waals surface area (Å²) in [7, 11) is 0. The van der Waals surface area contributed by atoms with Crippen molar-refractivity contribution in [1.82, 2.24) is 0 Å². The van der Waals surface area contributed by atoms with Gasteiger partial charge in [0.2, 0.25) is 0 Å². The average Bonchev–Trinajstić information content (AvgIpc) is 2.22. The van der Waals surface area contributed by atoms with Gasteiger partial charge in [0.15, 0.2) is 0 Å². The van der Waals surface area contributed by atoms with Gasteiger partial charge in [-0.05, 0) is 24.6 Å². The second kappa shape index (κ2) is 6.67. The molecule has 0 amide bonds. The Balaban J connectivity index is 2.70. The largest absolute Gasteiger partial charge is 0.197 e. The summed E-state index contributed by atoms with van der Waals surface area (Å²) >= 11 is 10.7. The third-order valence-corrected chi connectivity index (χ3v) is 4.78. The molecule has 0 spiro atoms. The van der Waals surface area contributed by atoms with Crippen LogP contribution in [0.1, 0.15) is 0 Å². The van der Waals surface area contributed by atoms with Crippen molar-refractivity contribution in [3.8, 4) is 0 Å². The van der Waals surface area contributed by atoms with Gasteiger partial charge < -0.3 is 0 Å². The predicted octanol–water partition coefficient (Wildman–Crippen LogP) is 4.43. The van der Waals surface area contributed by atoms with Crippen LogP contribution >= 0.6 is 47.1 Å². The van der Waals surface area contributed by atoms with E-state index in [1.54, 1.807) is 23.5 Å². The normalized spacial score (nSPS) is 9.93. The van der Waals surface area contributed by atoms with Gasteiger partial charge in [0.25, 0.3) is 0 Å². The van der Waals surface area contributed by atoms with Gasteiger partial charge in [0.05, 0.1) is 5.02 Å². The van der Waals surface area contributed by atoms with Crippen molar-refractivity contribution in [3.05, 3.63) is 29.3 Å². The molecule has 1 nitrogen and oxygen atoms in total. The van der Waals surface area contributed by atoms with Crippen molar-refractivity contribution in [2.45, 2.75) is 4.90 Å². The van der Waals surface area contributed by atoms with Crippen LogP contribution in [0.5, 0.6) is 0 Å². The smallest absolute Gasteiger partial charge is 0.138 e. The van der Waals surface area contributed by atoms with Gasteiger partial charge in [-0.25, -0.2) is 0 Å². The first-order valence-corrected chi connectivity index (χ1v) is 7.45. The van der Waals surface area contributed by atoms with Crippen LogP contribution in [0, 0.1) is 0 Å². The zero-order valence-corrected chi connectivity index (χ0v) is 11.1. The van der Waals surface area contributed by atoms with Gasteiger partial charge in [-0.1, -0.05) is 23.7 Å². The molecule has 0 heterocycles. The second-order valence-electron chi connectivity index (χ2n) is 2.29. The number of hydrogen-bond donors (Lipinski definition) is 0. The summed E-state index contributed by atoms with van der Waals surface area (Å²) < 4.78 is 5.42. The maximum absolute atomic E-state index is 5.99. The molecule has 0 radical (unpaired) electrons. The third kappa shape index (κ3) is 3.77. The fourth-order valence-corrected chi connectivity index (χ4v) is 2.96. The highest BCUT2D eigenvalue weighted by Crippen LogP contribution is 2.29. The van der Waals surface area contributed by atoms with Gasteiger partial charge in [-0.2, -0.15) is 4.40 Å². The van der Waals surface area contributed by atoms with E-state index in [-0.39, 0.29) is 0 Å². The van der Waals surface area contributed by atoms with Crippen LogP contribution < -0.4 is 0 Å². The standard InChI is InChI=1S/C9H10ClNS3/c1-12-9(13-2)11-14-8-6-4-3-5-7(8)10/h3-6H,1-2H3. The Bertz CT molecular complexity index is 322. The minimum absolute atomic E-state index is 0.753. The van der Waals surface area contributed by atoms with E-state index in [9.17, 15) is 0 Å². The summed E-state index contributed by atoms with van der Waals surface area (Å²) in [5.41, 5.74) is 0. The molecule has 0 unspecified atom stereocenters. The van der Waals surface area contributed by atoms with Crippen LogP contribution in [0.2, 0.25) is 5.02 Å². The lowest BCUT2D eigenvalue weighted by Gasteiger charge is -2.00. The van der Waals surface area contributed by atoms with Gasteiger partial charge in [0.1, 0.15) is 4.38 Å². The number of benzene rings is 1. The highest BCUT2D eigenvalue weighted by Gasteiger charge is 1.99. The quantitative estimate of drug-likeness (QED) is 0.445. The van der Waals surface area contributed by atoms with E-state index in [0.29, 0.717) is 0 Å². The molecule has 1 aromatic rings. The van der Waals surface area contributed by atoms with E-state index in [4.69, 9.17) is 11.6 Å². The number of thioether (sulfide) groups is 2. The Morgan fingerprint density at radius 3 is 2.43 bits per heavy atom. The van der Waals surface area contributed by atoms with Crippen LogP contribution in [0.15, 0.2) is 33.6 Å². The summed E-state index contributed by atoms with van der Waals surface area (Å²) in [6.07, 6.45) is 4.03. The summed E-state index contributed by atoms with van der Waals surface area (Å²) in [5, 5.41) is 0.753. The van der Waals surface area contributed by atoms with Gasteiger partial charge in [0, 0.05) is 16.8 Å². The Kier molecular flexibility index (Phi) is 5.86. The van der Waals surface area contributed by atoms with E-state index >= 15 is 0 Å². The second-order valence-corrected chi connectivity index (χ2v) is 5.35. The monoisotopic (exact) mass is 263 g/mol. The Labute approximate surface area is 102 Å². The minimum atomic E-state index is 0.753. The molecule has 0 aliphatic carbocycles.